The van der Waals surface area contributed by atoms with E-state index in [1.54, 1.807) is 16.7 Å². The number of nitrogens with zero attached hydrogens (tertiary/aromatic N) is 1. The molecule has 5 rings (SSSR count). The highest BCUT2D eigenvalue weighted by molar-refractivity contribution is 8.00. The molecule has 2 N–H and O–H groups in total. The second kappa shape index (κ2) is 9.55. The van der Waals surface area contributed by atoms with Gasteiger partial charge in [0.05, 0.1) is 17.3 Å². The molecule has 1 saturated heterocycles. The molecule has 6 heteroatoms. The fourth-order valence-electron chi connectivity index (χ4n) is 4.42. The zero-order valence-corrected chi connectivity index (χ0v) is 19.0. The van der Waals surface area contributed by atoms with E-state index in [1.165, 1.54) is 0 Å². The van der Waals surface area contributed by atoms with Crippen molar-refractivity contribution in [3.63, 3.8) is 0 Å². The second-order valence-corrected chi connectivity index (χ2v) is 9.12. The molecule has 1 aliphatic rings. The first kappa shape index (κ1) is 21.3. The number of H-pyrrole nitrogens is 1. The summed E-state index contributed by atoms with van der Waals surface area (Å²) in [7, 11) is 0. The Morgan fingerprint density at radius 1 is 0.970 bits per heavy atom. The van der Waals surface area contributed by atoms with Gasteiger partial charge < -0.3 is 15.2 Å². The molecular weight excluding hydrogens is 430 g/mol. The number of fused-ring (bicyclic) bond motifs is 1. The van der Waals surface area contributed by atoms with Crippen LogP contribution in [0.4, 0.5) is 0 Å². The van der Waals surface area contributed by atoms with Crippen LogP contribution >= 0.6 is 11.8 Å². The topological polar surface area (TPSA) is 65.2 Å². The van der Waals surface area contributed by atoms with Crippen LogP contribution in [0.1, 0.15) is 17.0 Å². The molecule has 2 amide bonds. The van der Waals surface area contributed by atoms with Crippen LogP contribution in [-0.4, -0.2) is 46.4 Å². The van der Waals surface area contributed by atoms with Crippen LogP contribution in [0, 0.1) is 0 Å². The van der Waals surface area contributed by atoms with Gasteiger partial charge in [-0.25, -0.2) is 0 Å². The third-order valence-corrected chi connectivity index (χ3v) is 6.97. The lowest BCUT2D eigenvalue weighted by molar-refractivity contribution is -0.132. The number of aromatic amines is 1. The van der Waals surface area contributed by atoms with Gasteiger partial charge in [0.25, 0.3) is 0 Å². The minimum absolute atomic E-state index is 0.0257. The maximum atomic E-state index is 12.7. The molecule has 2 heterocycles. The second-order valence-electron chi connectivity index (χ2n) is 8.16. The summed E-state index contributed by atoms with van der Waals surface area (Å²) in [4.78, 5) is 29.9. The number of amides is 2. The maximum absolute atomic E-state index is 12.7. The summed E-state index contributed by atoms with van der Waals surface area (Å²) in [5, 5.41) is 4.25. The number of hydrogen-bond donors (Lipinski definition) is 2. The quantitative estimate of drug-likeness (QED) is 0.428. The van der Waals surface area contributed by atoms with Crippen LogP contribution in [0.5, 0.6) is 0 Å². The Balaban J connectivity index is 1.52. The van der Waals surface area contributed by atoms with Gasteiger partial charge >= 0.3 is 0 Å². The molecular formula is C27H25N3O2S. The van der Waals surface area contributed by atoms with Crippen molar-refractivity contribution in [3.05, 3.63) is 96.1 Å². The Labute approximate surface area is 197 Å². The molecule has 0 bridgehead atoms. The summed E-state index contributed by atoms with van der Waals surface area (Å²) in [6.45, 7) is 0.548. The average Bonchev–Trinajstić information content (AvgIpc) is 3.44. The molecule has 1 fully saturated rings. The van der Waals surface area contributed by atoms with E-state index in [9.17, 15) is 9.59 Å². The smallest absolute Gasteiger partial charge is 0.239 e. The number of carbonyl (C=O) groups is 2. The number of nitrogens with one attached hydrogen (secondary N) is 2. The molecule has 4 aromatic rings. The van der Waals surface area contributed by atoms with Crippen LogP contribution in [0.15, 0.2) is 84.9 Å². The van der Waals surface area contributed by atoms with Crippen LogP contribution in [0.3, 0.4) is 0 Å². The lowest BCUT2D eigenvalue weighted by Gasteiger charge is -2.21. The van der Waals surface area contributed by atoms with Crippen molar-refractivity contribution in [2.24, 2.45) is 0 Å². The number of benzene rings is 3. The van der Waals surface area contributed by atoms with Crippen molar-refractivity contribution in [2.45, 2.75) is 5.92 Å². The molecule has 0 radical (unpaired) electrons. The minimum atomic E-state index is -0.132. The first-order valence-electron chi connectivity index (χ1n) is 11.0. The van der Waals surface area contributed by atoms with Gasteiger partial charge in [-0.15, -0.1) is 11.8 Å². The lowest BCUT2D eigenvalue weighted by Crippen LogP contribution is -2.39. The highest BCUT2D eigenvalue weighted by Gasteiger charge is 2.26. The summed E-state index contributed by atoms with van der Waals surface area (Å²) >= 11 is 1.54. The average molecular weight is 456 g/mol. The maximum Gasteiger partial charge on any atom is 0.239 e. The largest absolute Gasteiger partial charge is 0.354 e. The Bertz CT molecular complexity index is 1270. The Hall–Kier alpha value is -3.51. The van der Waals surface area contributed by atoms with E-state index in [1.807, 2.05) is 48.5 Å². The van der Waals surface area contributed by atoms with E-state index in [0.717, 1.165) is 33.3 Å². The normalized spacial score (nSPS) is 14.5. The van der Waals surface area contributed by atoms with Gasteiger partial charge in [-0.2, -0.15) is 0 Å². The van der Waals surface area contributed by atoms with Crippen molar-refractivity contribution in [2.75, 3.05) is 24.7 Å². The fourth-order valence-corrected chi connectivity index (χ4v) is 5.32. The first-order chi connectivity index (χ1) is 16.2. The van der Waals surface area contributed by atoms with Gasteiger partial charge in [-0.05, 0) is 22.8 Å². The van der Waals surface area contributed by atoms with Crippen molar-refractivity contribution in [3.8, 4) is 11.3 Å². The van der Waals surface area contributed by atoms with Gasteiger partial charge in [0.15, 0.2) is 0 Å². The van der Waals surface area contributed by atoms with Gasteiger partial charge in [0, 0.05) is 23.4 Å². The predicted octanol–water partition coefficient (Wildman–Crippen LogP) is 4.62. The number of para-hydroxylation sites is 1. The Morgan fingerprint density at radius 3 is 2.39 bits per heavy atom. The Kier molecular flexibility index (Phi) is 6.17. The highest BCUT2D eigenvalue weighted by atomic mass is 32.2. The van der Waals surface area contributed by atoms with Crippen molar-refractivity contribution < 1.29 is 9.59 Å². The molecule has 1 atom stereocenters. The molecule has 0 unspecified atom stereocenters. The zero-order valence-electron chi connectivity index (χ0n) is 18.2. The first-order valence-corrected chi connectivity index (χ1v) is 12.2. The molecule has 33 heavy (non-hydrogen) atoms. The van der Waals surface area contributed by atoms with E-state index in [4.69, 9.17) is 0 Å². The molecule has 5 nitrogen and oxygen atoms in total. The number of carbonyl (C=O) groups excluding carboxylic acids is 2. The molecule has 3 aromatic carbocycles. The summed E-state index contributed by atoms with van der Waals surface area (Å²) in [6, 6.07) is 28.9. The number of rotatable bonds is 7. The van der Waals surface area contributed by atoms with Gasteiger partial charge in [0.1, 0.15) is 6.54 Å². The van der Waals surface area contributed by atoms with Gasteiger partial charge in [-0.3, -0.25) is 9.59 Å². The van der Waals surface area contributed by atoms with Crippen LogP contribution in [-0.2, 0) is 9.59 Å². The third-order valence-electron chi connectivity index (χ3n) is 6.02. The Morgan fingerprint density at radius 2 is 1.67 bits per heavy atom. The SMILES string of the molecule is O=C(CN1CSCC1=O)NC[C@H](c1ccccc1)c1c(-c2ccccc2)[nH]c2ccccc12. The summed E-state index contributed by atoms with van der Waals surface area (Å²) in [6.07, 6.45) is 0. The molecule has 1 aromatic heterocycles. The molecule has 1 aliphatic heterocycles. The van der Waals surface area contributed by atoms with Crippen LogP contribution in [0.2, 0.25) is 0 Å². The zero-order chi connectivity index (χ0) is 22.6. The predicted molar refractivity (Wildman–Crippen MR) is 134 cm³/mol. The minimum Gasteiger partial charge on any atom is -0.354 e. The monoisotopic (exact) mass is 455 g/mol. The number of aromatic nitrogens is 1. The van der Waals surface area contributed by atoms with E-state index < -0.39 is 0 Å². The molecule has 0 saturated carbocycles. The summed E-state index contributed by atoms with van der Waals surface area (Å²) in [5.41, 5.74) is 5.53. The summed E-state index contributed by atoms with van der Waals surface area (Å²) in [5.74, 6) is 0.876. The van der Waals surface area contributed by atoms with Crippen LogP contribution in [0.25, 0.3) is 22.2 Å². The summed E-state index contributed by atoms with van der Waals surface area (Å²) < 4.78 is 0. The van der Waals surface area contributed by atoms with E-state index in [-0.39, 0.29) is 24.3 Å². The van der Waals surface area contributed by atoms with Gasteiger partial charge in [-0.1, -0.05) is 78.9 Å². The molecule has 0 aliphatic carbocycles. The van der Waals surface area contributed by atoms with Crippen molar-refractivity contribution in [1.82, 2.24) is 15.2 Å². The third kappa shape index (κ3) is 4.52. The van der Waals surface area contributed by atoms with Crippen LogP contribution < -0.4 is 5.32 Å². The standard InChI is InChI=1S/C27H25N3O2S/c31-24(16-30-18-33-17-25(30)32)28-15-22(19-9-3-1-4-10-19)26-21-13-7-8-14-23(21)29-27(26)20-11-5-2-6-12-20/h1-14,22,29H,15-18H2,(H,28,31)/t22-/m1/s1. The number of hydrogen-bond acceptors (Lipinski definition) is 3. The van der Waals surface area contributed by atoms with E-state index in [0.29, 0.717) is 18.2 Å². The van der Waals surface area contributed by atoms with Crippen molar-refractivity contribution >= 4 is 34.5 Å². The van der Waals surface area contributed by atoms with Crippen molar-refractivity contribution in [1.29, 1.82) is 0 Å². The molecule has 166 valence electrons. The lowest BCUT2D eigenvalue weighted by atomic mass is 9.87. The van der Waals surface area contributed by atoms with Gasteiger partial charge in [0.2, 0.25) is 11.8 Å². The number of thioether (sulfide) groups is 1. The highest BCUT2D eigenvalue weighted by Crippen LogP contribution is 2.38. The van der Waals surface area contributed by atoms with E-state index >= 15 is 0 Å². The van der Waals surface area contributed by atoms with E-state index in [2.05, 4.69) is 46.7 Å². The molecule has 0 spiro atoms. The fraction of sp³-hybridized carbons (Fsp3) is 0.185.